The average molecular weight is 197 g/mol. The zero-order valence-corrected chi connectivity index (χ0v) is 7.43. The van der Waals surface area contributed by atoms with Gasteiger partial charge in [0.1, 0.15) is 10.6 Å². The first kappa shape index (κ1) is 7.51. The third kappa shape index (κ3) is 1.26. The number of hydrogen-bond donors (Lipinski definition) is 0. The van der Waals surface area contributed by atoms with Crippen LogP contribution < -0.4 is 0 Å². The van der Waals surface area contributed by atoms with Gasteiger partial charge in [0.05, 0.1) is 11.7 Å². The Kier molecular flexibility index (Phi) is 1.92. The highest BCUT2D eigenvalue weighted by Crippen LogP contribution is 2.11. The predicted molar refractivity (Wildman–Crippen MR) is 45.5 cm³/mol. The van der Waals surface area contributed by atoms with Gasteiger partial charge < -0.3 is 0 Å². The van der Waals surface area contributed by atoms with Crippen molar-refractivity contribution in [3.05, 3.63) is 27.7 Å². The van der Waals surface area contributed by atoms with Crippen molar-refractivity contribution < 1.29 is 4.79 Å². The van der Waals surface area contributed by atoms with E-state index in [4.69, 9.17) is 0 Å². The first-order chi connectivity index (χ1) is 5.88. The van der Waals surface area contributed by atoms with Crippen molar-refractivity contribution in [3.63, 3.8) is 0 Å². The van der Waals surface area contributed by atoms with Crippen molar-refractivity contribution in [1.82, 2.24) is 14.6 Å². The summed E-state index contributed by atoms with van der Waals surface area (Å²) in [6, 6.07) is 0. The lowest BCUT2D eigenvalue weighted by atomic mass is 10.3. The van der Waals surface area contributed by atoms with Gasteiger partial charge in [0.25, 0.3) is 0 Å². The minimum absolute atomic E-state index is 0.105. The lowest BCUT2D eigenvalue weighted by Gasteiger charge is -1.86. The van der Waals surface area contributed by atoms with Crippen LogP contribution in [-0.4, -0.2) is 20.4 Å². The third-order valence-corrected chi connectivity index (χ3v) is 2.50. The fraction of sp³-hybridized carbons (Fsp3) is 0. The van der Waals surface area contributed by atoms with Crippen molar-refractivity contribution in [2.45, 2.75) is 0 Å². The quantitative estimate of drug-likeness (QED) is 0.679. The molecule has 0 aliphatic carbocycles. The zero-order chi connectivity index (χ0) is 8.39. The standard InChI is InChI=1S/C6H3N3OS2/c10-6(4-2-11-3-7-4)5-1-8-9-12-5/h1-3H. The summed E-state index contributed by atoms with van der Waals surface area (Å²) in [6.45, 7) is 0. The van der Waals surface area contributed by atoms with Crippen LogP contribution in [0, 0.1) is 0 Å². The fourth-order valence-corrected chi connectivity index (χ4v) is 1.71. The maximum absolute atomic E-state index is 11.4. The molecule has 0 unspecified atom stereocenters. The highest BCUT2D eigenvalue weighted by Gasteiger charge is 2.12. The average Bonchev–Trinajstić information content (AvgIpc) is 2.77. The topological polar surface area (TPSA) is 55.7 Å². The molecule has 2 rings (SSSR count). The second-order valence-corrected chi connectivity index (χ2v) is 3.49. The van der Waals surface area contributed by atoms with Crippen molar-refractivity contribution in [3.8, 4) is 0 Å². The Morgan fingerprint density at radius 3 is 3.00 bits per heavy atom. The van der Waals surface area contributed by atoms with E-state index in [2.05, 4.69) is 14.6 Å². The van der Waals surface area contributed by atoms with E-state index in [1.165, 1.54) is 17.5 Å². The molecule has 0 aliphatic rings. The van der Waals surface area contributed by atoms with E-state index in [1.54, 1.807) is 10.9 Å². The van der Waals surface area contributed by atoms with E-state index >= 15 is 0 Å². The Morgan fingerprint density at radius 2 is 2.42 bits per heavy atom. The molecule has 0 atom stereocenters. The van der Waals surface area contributed by atoms with Crippen LogP contribution in [-0.2, 0) is 0 Å². The fourth-order valence-electron chi connectivity index (χ4n) is 0.718. The number of aromatic nitrogens is 3. The Balaban J connectivity index is 2.34. The van der Waals surface area contributed by atoms with Crippen LogP contribution in [0.25, 0.3) is 0 Å². The Hall–Kier alpha value is -1.14. The normalized spacial score (nSPS) is 10.0. The molecule has 0 saturated heterocycles. The van der Waals surface area contributed by atoms with Gasteiger partial charge in [-0.05, 0) is 11.5 Å². The van der Waals surface area contributed by atoms with Crippen LogP contribution in [0.3, 0.4) is 0 Å². The van der Waals surface area contributed by atoms with Gasteiger partial charge in [0.15, 0.2) is 0 Å². The van der Waals surface area contributed by atoms with E-state index in [1.807, 2.05) is 0 Å². The highest BCUT2D eigenvalue weighted by atomic mass is 32.1. The number of carbonyl (C=O) groups excluding carboxylic acids is 1. The predicted octanol–water partition coefficient (Wildman–Crippen LogP) is 1.23. The molecule has 0 radical (unpaired) electrons. The molecule has 0 fully saturated rings. The molecule has 2 heterocycles. The molecule has 0 N–H and O–H groups in total. The zero-order valence-electron chi connectivity index (χ0n) is 5.80. The molecule has 60 valence electrons. The maximum Gasteiger partial charge on any atom is 0.225 e. The summed E-state index contributed by atoms with van der Waals surface area (Å²) < 4.78 is 3.60. The van der Waals surface area contributed by atoms with Crippen LogP contribution in [0.1, 0.15) is 15.4 Å². The van der Waals surface area contributed by atoms with Gasteiger partial charge in [0, 0.05) is 5.38 Å². The number of rotatable bonds is 2. The van der Waals surface area contributed by atoms with Gasteiger partial charge in [-0.25, -0.2) is 4.98 Å². The Morgan fingerprint density at radius 1 is 1.50 bits per heavy atom. The Bertz CT molecular complexity index is 331. The molecular formula is C6H3N3OS2. The summed E-state index contributed by atoms with van der Waals surface area (Å²) in [5, 5.41) is 5.29. The monoisotopic (exact) mass is 197 g/mol. The first-order valence-electron chi connectivity index (χ1n) is 3.08. The van der Waals surface area contributed by atoms with E-state index in [0.29, 0.717) is 10.6 Å². The van der Waals surface area contributed by atoms with Gasteiger partial charge in [-0.1, -0.05) is 4.49 Å². The van der Waals surface area contributed by atoms with Gasteiger partial charge >= 0.3 is 0 Å². The van der Waals surface area contributed by atoms with Gasteiger partial charge in [-0.15, -0.1) is 16.4 Å². The lowest BCUT2D eigenvalue weighted by molar-refractivity contribution is 0.103. The minimum Gasteiger partial charge on any atom is -0.286 e. The van der Waals surface area contributed by atoms with Crippen molar-refractivity contribution in [2.24, 2.45) is 0 Å². The van der Waals surface area contributed by atoms with Crippen molar-refractivity contribution >= 4 is 28.7 Å². The molecule has 12 heavy (non-hydrogen) atoms. The van der Waals surface area contributed by atoms with Crippen LogP contribution in [0.5, 0.6) is 0 Å². The van der Waals surface area contributed by atoms with Crippen LogP contribution >= 0.6 is 22.9 Å². The second kappa shape index (κ2) is 3.08. The molecule has 0 amide bonds. The number of hydrogen-bond acceptors (Lipinski definition) is 6. The van der Waals surface area contributed by atoms with Crippen LogP contribution in [0.2, 0.25) is 0 Å². The molecule has 0 aromatic carbocycles. The summed E-state index contributed by atoms with van der Waals surface area (Å²) in [7, 11) is 0. The van der Waals surface area contributed by atoms with Crippen molar-refractivity contribution in [1.29, 1.82) is 0 Å². The summed E-state index contributed by atoms with van der Waals surface area (Å²) in [4.78, 5) is 15.9. The summed E-state index contributed by atoms with van der Waals surface area (Å²) in [5.41, 5.74) is 2.09. The molecule has 0 saturated carbocycles. The number of nitrogens with zero attached hydrogens (tertiary/aromatic N) is 3. The molecule has 4 nitrogen and oxygen atoms in total. The van der Waals surface area contributed by atoms with Crippen LogP contribution in [0.15, 0.2) is 17.1 Å². The third-order valence-electron chi connectivity index (χ3n) is 1.25. The summed E-state index contributed by atoms with van der Waals surface area (Å²) in [5.74, 6) is -0.105. The molecular weight excluding hydrogens is 194 g/mol. The molecule has 0 aliphatic heterocycles. The first-order valence-corrected chi connectivity index (χ1v) is 4.80. The minimum atomic E-state index is -0.105. The Labute approximate surface area is 76.1 Å². The highest BCUT2D eigenvalue weighted by molar-refractivity contribution is 7.09. The second-order valence-electron chi connectivity index (χ2n) is 1.98. The SMILES string of the molecule is O=C(c1cscn1)c1cnns1. The maximum atomic E-state index is 11.4. The van der Waals surface area contributed by atoms with E-state index in [9.17, 15) is 4.79 Å². The lowest BCUT2D eigenvalue weighted by Crippen LogP contribution is -1.97. The molecule has 6 heteroatoms. The van der Waals surface area contributed by atoms with Crippen LogP contribution in [0.4, 0.5) is 0 Å². The smallest absolute Gasteiger partial charge is 0.225 e. The molecule has 2 aromatic rings. The molecule has 0 bridgehead atoms. The van der Waals surface area contributed by atoms with E-state index < -0.39 is 0 Å². The van der Waals surface area contributed by atoms with E-state index in [-0.39, 0.29) is 5.78 Å². The number of carbonyl (C=O) groups is 1. The molecule has 0 spiro atoms. The van der Waals surface area contributed by atoms with Gasteiger partial charge in [-0.3, -0.25) is 4.79 Å². The van der Waals surface area contributed by atoms with E-state index in [0.717, 1.165) is 11.5 Å². The number of ketones is 1. The summed E-state index contributed by atoms with van der Waals surface area (Å²) in [6.07, 6.45) is 1.45. The van der Waals surface area contributed by atoms with Crippen molar-refractivity contribution in [2.75, 3.05) is 0 Å². The van der Waals surface area contributed by atoms with Gasteiger partial charge in [0.2, 0.25) is 5.78 Å². The number of thiazole rings is 1. The molecule has 2 aromatic heterocycles. The summed E-state index contributed by atoms with van der Waals surface area (Å²) >= 11 is 2.48. The van der Waals surface area contributed by atoms with Gasteiger partial charge in [-0.2, -0.15) is 0 Å². The largest absolute Gasteiger partial charge is 0.286 e.